The SMILES string of the molecule is CCCCS(=O)(=O)CN(C(=O)c1cccnc1)[C@@H](CC(C)C)[C@@H](O)[C@H](O)[C@H](C(=O)NCC(C)C)C(C)C. The van der Waals surface area contributed by atoms with Gasteiger partial charge in [-0.15, -0.1) is 0 Å². The fourth-order valence-electron chi connectivity index (χ4n) is 4.25. The van der Waals surface area contributed by atoms with Crippen molar-refractivity contribution in [3.63, 3.8) is 0 Å². The molecule has 0 aliphatic heterocycles. The van der Waals surface area contributed by atoms with Gasteiger partial charge in [0.05, 0.1) is 29.4 Å². The van der Waals surface area contributed by atoms with Crippen molar-refractivity contribution in [1.82, 2.24) is 15.2 Å². The maximum Gasteiger partial charge on any atom is 0.256 e. The highest BCUT2D eigenvalue weighted by atomic mass is 32.2. The van der Waals surface area contributed by atoms with Gasteiger partial charge in [0, 0.05) is 18.9 Å². The third-order valence-corrected chi connectivity index (χ3v) is 7.83. The summed E-state index contributed by atoms with van der Waals surface area (Å²) in [6.45, 7) is 13.5. The van der Waals surface area contributed by atoms with Crippen molar-refractivity contribution < 1.29 is 28.2 Å². The Hall–Kier alpha value is -2.04. The van der Waals surface area contributed by atoms with Crippen molar-refractivity contribution >= 4 is 21.7 Å². The van der Waals surface area contributed by atoms with Gasteiger partial charge in [0.1, 0.15) is 12.0 Å². The molecular weight excluding hydrogens is 494 g/mol. The zero-order valence-corrected chi connectivity index (χ0v) is 24.2. The maximum atomic E-state index is 13.6. The summed E-state index contributed by atoms with van der Waals surface area (Å²) in [5.74, 6) is -2.79. The first-order chi connectivity index (χ1) is 17.2. The van der Waals surface area contributed by atoms with Crippen LogP contribution in [-0.2, 0) is 14.6 Å². The minimum Gasteiger partial charge on any atom is -0.390 e. The molecule has 0 fully saturated rings. The van der Waals surface area contributed by atoms with Gasteiger partial charge in [-0.3, -0.25) is 14.6 Å². The van der Waals surface area contributed by atoms with E-state index in [1.54, 1.807) is 19.9 Å². The number of carbonyl (C=O) groups excluding carboxylic acids is 2. The van der Waals surface area contributed by atoms with Gasteiger partial charge in [-0.1, -0.05) is 54.9 Å². The molecule has 10 heteroatoms. The summed E-state index contributed by atoms with van der Waals surface area (Å²) in [6.07, 6.45) is 1.13. The Labute approximate surface area is 223 Å². The fourth-order valence-corrected chi connectivity index (χ4v) is 5.84. The number of carbonyl (C=O) groups is 2. The molecule has 1 heterocycles. The summed E-state index contributed by atoms with van der Waals surface area (Å²) in [4.78, 5) is 31.7. The number of nitrogens with one attached hydrogen (secondary N) is 1. The number of amides is 2. The van der Waals surface area contributed by atoms with E-state index in [9.17, 15) is 28.2 Å². The van der Waals surface area contributed by atoms with Crippen LogP contribution in [0.1, 0.15) is 78.1 Å². The molecule has 212 valence electrons. The van der Waals surface area contributed by atoms with E-state index in [0.29, 0.717) is 19.4 Å². The molecule has 37 heavy (non-hydrogen) atoms. The summed E-state index contributed by atoms with van der Waals surface area (Å²) < 4.78 is 26.0. The first-order valence-electron chi connectivity index (χ1n) is 13.3. The molecule has 0 bridgehead atoms. The molecule has 3 N–H and O–H groups in total. The predicted octanol–water partition coefficient (Wildman–Crippen LogP) is 2.88. The minimum absolute atomic E-state index is 0.0401. The second kappa shape index (κ2) is 15.4. The number of hydrogen-bond acceptors (Lipinski definition) is 7. The van der Waals surface area contributed by atoms with E-state index in [2.05, 4.69) is 10.3 Å². The second-order valence-corrected chi connectivity index (χ2v) is 13.2. The summed E-state index contributed by atoms with van der Waals surface area (Å²) in [5, 5.41) is 25.6. The molecule has 0 radical (unpaired) electrons. The molecule has 0 aromatic carbocycles. The third-order valence-electron chi connectivity index (χ3n) is 6.24. The van der Waals surface area contributed by atoms with Crippen LogP contribution >= 0.6 is 0 Å². The predicted molar refractivity (Wildman–Crippen MR) is 145 cm³/mol. The molecule has 9 nitrogen and oxygen atoms in total. The molecule has 0 aliphatic rings. The van der Waals surface area contributed by atoms with E-state index >= 15 is 0 Å². The number of rotatable bonds is 16. The Morgan fingerprint density at radius 1 is 1.05 bits per heavy atom. The largest absolute Gasteiger partial charge is 0.390 e. The second-order valence-electron chi connectivity index (χ2n) is 11.0. The minimum atomic E-state index is -3.69. The number of aromatic nitrogens is 1. The standard InChI is InChI=1S/C27H47N3O6S/c1-8-9-13-37(35,36)17-30(27(34)21-11-10-12-28-16-21)22(14-18(2)3)24(31)25(32)23(20(6)7)26(33)29-15-19(4)5/h10-12,16,18-20,22-25,31-32H,8-9,13-15,17H2,1-7H3,(H,29,33)/t22-,23+,24+,25+/m0/s1. The number of pyridine rings is 1. The molecule has 1 aromatic rings. The normalized spacial score (nSPS) is 15.5. The average molecular weight is 542 g/mol. The van der Waals surface area contributed by atoms with E-state index in [4.69, 9.17) is 0 Å². The Balaban J connectivity index is 3.48. The van der Waals surface area contributed by atoms with Crippen LogP contribution in [0.3, 0.4) is 0 Å². The van der Waals surface area contributed by atoms with E-state index in [1.807, 2.05) is 34.6 Å². The Bertz CT molecular complexity index is 937. The molecule has 0 saturated carbocycles. The van der Waals surface area contributed by atoms with Crippen molar-refractivity contribution in [2.24, 2.45) is 23.7 Å². The summed E-state index contributed by atoms with van der Waals surface area (Å²) in [7, 11) is -3.69. The number of nitrogens with zero attached hydrogens (tertiary/aromatic N) is 2. The van der Waals surface area contributed by atoms with Gasteiger partial charge < -0.3 is 20.4 Å². The first kappa shape index (κ1) is 33.0. The van der Waals surface area contributed by atoms with Crippen molar-refractivity contribution in [3.05, 3.63) is 30.1 Å². The fraction of sp³-hybridized carbons (Fsp3) is 0.741. The lowest BCUT2D eigenvalue weighted by molar-refractivity contribution is -0.137. The van der Waals surface area contributed by atoms with Gasteiger partial charge in [0.2, 0.25) is 5.91 Å². The summed E-state index contributed by atoms with van der Waals surface area (Å²) >= 11 is 0. The number of hydrogen-bond donors (Lipinski definition) is 3. The van der Waals surface area contributed by atoms with Crippen LogP contribution < -0.4 is 5.32 Å². The highest BCUT2D eigenvalue weighted by Crippen LogP contribution is 2.27. The van der Waals surface area contributed by atoms with Crippen LogP contribution in [0.2, 0.25) is 0 Å². The lowest BCUT2D eigenvalue weighted by Gasteiger charge is -2.39. The molecule has 0 unspecified atom stereocenters. The van der Waals surface area contributed by atoms with Gasteiger partial charge in [-0.25, -0.2) is 8.42 Å². The maximum absolute atomic E-state index is 13.6. The van der Waals surface area contributed by atoms with Gasteiger partial charge in [-0.05, 0) is 42.7 Å². The van der Waals surface area contributed by atoms with E-state index < -0.39 is 45.8 Å². The average Bonchev–Trinajstić information content (AvgIpc) is 2.82. The Morgan fingerprint density at radius 2 is 1.70 bits per heavy atom. The molecule has 0 spiro atoms. The molecule has 4 atom stereocenters. The van der Waals surface area contributed by atoms with Crippen LogP contribution in [0.5, 0.6) is 0 Å². The highest BCUT2D eigenvalue weighted by Gasteiger charge is 2.42. The lowest BCUT2D eigenvalue weighted by atomic mass is 9.82. The number of aliphatic hydroxyl groups excluding tert-OH is 2. The number of aliphatic hydroxyl groups is 2. The van der Waals surface area contributed by atoms with E-state index in [1.165, 1.54) is 18.5 Å². The molecule has 2 amide bonds. The molecule has 1 rings (SSSR count). The number of sulfone groups is 1. The highest BCUT2D eigenvalue weighted by molar-refractivity contribution is 7.91. The molecule has 0 aliphatic carbocycles. The third kappa shape index (κ3) is 10.7. The molecular formula is C27H47N3O6S. The van der Waals surface area contributed by atoms with Crippen LogP contribution in [-0.4, -0.2) is 76.8 Å². The van der Waals surface area contributed by atoms with Gasteiger partial charge in [0.25, 0.3) is 5.91 Å². The monoisotopic (exact) mass is 541 g/mol. The topological polar surface area (TPSA) is 137 Å². The Morgan fingerprint density at radius 3 is 2.19 bits per heavy atom. The van der Waals surface area contributed by atoms with E-state index in [0.717, 1.165) is 4.90 Å². The Kier molecular flexibility index (Phi) is 13.7. The van der Waals surface area contributed by atoms with Crippen LogP contribution in [0, 0.1) is 23.7 Å². The summed E-state index contributed by atoms with van der Waals surface area (Å²) in [5.41, 5.74) is 0.179. The molecule has 0 saturated heterocycles. The number of unbranched alkanes of at least 4 members (excludes halogenated alkanes) is 1. The summed E-state index contributed by atoms with van der Waals surface area (Å²) in [6, 6.07) is 2.07. The quantitative estimate of drug-likeness (QED) is 0.293. The van der Waals surface area contributed by atoms with Crippen LogP contribution in [0.4, 0.5) is 0 Å². The smallest absolute Gasteiger partial charge is 0.256 e. The van der Waals surface area contributed by atoms with Gasteiger partial charge in [0.15, 0.2) is 9.84 Å². The first-order valence-corrected chi connectivity index (χ1v) is 15.1. The van der Waals surface area contributed by atoms with Crippen LogP contribution in [0.15, 0.2) is 24.5 Å². The lowest BCUT2D eigenvalue weighted by Crippen LogP contribution is -2.57. The van der Waals surface area contributed by atoms with Gasteiger partial charge in [-0.2, -0.15) is 0 Å². The zero-order valence-electron chi connectivity index (χ0n) is 23.4. The zero-order chi connectivity index (χ0) is 28.3. The van der Waals surface area contributed by atoms with Crippen molar-refractivity contribution in [1.29, 1.82) is 0 Å². The van der Waals surface area contributed by atoms with Crippen molar-refractivity contribution in [3.8, 4) is 0 Å². The van der Waals surface area contributed by atoms with Crippen molar-refractivity contribution in [2.75, 3.05) is 18.2 Å². The molecule has 1 aromatic heterocycles. The van der Waals surface area contributed by atoms with Gasteiger partial charge >= 0.3 is 0 Å². The van der Waals surface area contributed by atoms with Crippen molar-refractivity contribution in [2.45, 2.75) is 86.0 Å². The van der Waals surface area contributed by atoms with E-state index in [-0.39, 0.29) is 41.4 Å². The van der Waals surface area contributed by atoms with Crippen LogP contribution in [0.25, 0.3) is 0 Å².